The molecule has 0 bridgehead atoms. The quantitative estimate of drug-likeness (QED) is 0.818. The van der Waals surface area contributed by atoms with Crippen LogP contribution in [-0.2, 0) is 6.42 Å². The largest absolute Gasteiger partial charge is 0.354 e. The smallest absolute Gasteiger partial charge is 0.184 e. The first-order valence-corrected chi connectivity index (χ1v) is 5.78. The molecule has 1 aliphatic carbocycles. The summed E-state index contributed by atoms with van der Waals surface area (Å²) >= 11 is 1.80. The lowest BCUT2D eigenvalue weighted by atomic mass is 10.2. The molecular formula is C10H17N3S. The second-order valence-corrected chi connectivity index (χ2v) is 5.30. The van der Waals surface area contributed by atoms with Crippen molar-refractivity contribution >= 4 is 16.5 Å². The van der Waals surface area contributed by atoms with Gasteiger partial charge in [0.1, 0.15) is 0 Å². The summed E-state index contributed by atoms with van der Waals surface area (Å²) in [5.41, 5.74) is 0.399. The van der Waals surface area contributed by atoms with Crippen LogP contribution >= 0.6 is 11.3 Å². The van der Waals surface area contributed by atoms with Crippen LogP contribution in [0.3, 0.4) is 0 Å². The Morgan fingerprint density at radius 3 is 2.71 bits per heavy atom. The van der Waals surface area contributed by atoms with Crippen LogP contribution in [0.25, 0.3) is 0 Å². The van der Waals surface area contributed by atoms with Crippen molar-refractivity contribution in [3.8, 4) is 0 Å². The molecule has 14 heavy (non-hydrogen) atoms. The van der Waals surface area contributed by atoms with Crippen molar-refractivity contribution in [3.05, 3.63) is 11.1 Å². The van der Waals surface area contributed by atoms with Crippen molar-refractivity contribution in [1.29, 1.82) is 0 Å². The van der Waals surface area contributed by atoms with Crippen molar-refractivity contribution < 1.29 is 0 Å². The highest BCUT2D eigenvalue weighted by atomic mass is 32.1. The average Bonchev–Trinajstić information content (AvgIpc) is 2.75. The molecule has 1 N–H and O–H groups in total. The van der Waals surface area contributed by atoms with Gasteiger partial charge in [-0.15, -0.1) is 11.3 Å². The second kappa shape index (κ2) is 3.51. The molecule has 0 aromatic carbocycles. The summed E-state index contributed by atoms with van der Waals surface area (Å²) in [5, 5.41) is 4.51. The van der Waals surface area contributed by atoms with Crippen LogP contribution in [0.15, 0.2) is 6.20 Å². The highest BCUT2D eigenvalue weighted by Crippen LogP contribution is 2.39. The third-order valence-electron chi connectivity index (χ3n) is 2.82. The molecule has 0 aliphatic heterocycles. The normalized spacial score (nSPS) is 18.2. The van der Waals surface area contributed by atoms with Crippen molar-refractivity contribution in [2.75, 3.05) is 26.0 Å². The lowest BCUT2D eigenvalue weighted by Gasteiger charge is -2.11. The summed E-state index contributed by atoms with van der Waals surface area (Å²) in [7, 11) is 6.13. The first-order chi connectivity index (χ1) is 6.65. The molecule has 1 aliphatic rings. The van der Waals surface area contributed by atoms with Crippen molar-refractivity contribution in [3.63, 3.8) is 0 Å². The van der Waals surface area contributed by atoms with E-state index in [1.165, 1.54) is 17.7 Å². The van der Waals surface area contributed by atoms with Gasteiger partial charge in [-0.1, -0.05) is 0 Å². The van der Waals surface area contributed by atoms with Gasteiger partial charge >= 0.3 is 0 Å². The summed E-state index contributed by atoms with van der Waals surface area (Å²) in [6, 6.07) is 0. The van der Waals surface area contributed by atoms with E-state index in [-0.39, 0.29) is 0 Å². The average molecular weight is 211 g/mol. The molecule has 2 rings (SSSR count). The van der Waals surface area contributed by atoms with E-state index in [4.69, 9.17) is 0 Å². The Morgan fingerprint density at radius 1 is 1.57 bits per heavy atom. The zero-order valence-electron chi connectivity index (χ0n) is 9.00. The molecule has 0 spiro atoms. The van der Waals surface area contributed by atoms with Crippen LogP contribution in [0.5, 0.6) is 0 Å². The molecular weight excluding hydrogens is 194 g/mol. The fourth-order valence-electron chi connectivity index (χ4n) is 1.59. The van der Waals surface area contributed by atoms with Crippen LogP contribution in [-0.4, -0.2) is 31.7 Å². The minimum atomic E-state index is 0.399. The van der Waals surface area contributed by atoms with Gasteiger partial charge in [0.15, 0.2) is 5.13 Å². The maximum atomic E-state index is 4.38. The highest BCUT2D eigenvalue weighted by Gasteiger charge is 2.41. The Morgan fingerprint density at radius 2 is 2.29 bits per heavy atom. The Balaban J connectivity index is 2.03. The second-order valence-electron chi connectivity index (χ2n) is 4.21. The number of thiazole rings is 1. The van der Waals surface area contributed by atoms with Gasteiger partial charge in [-0.3, -0.25) is 0 Å². The zero-order valence-corrected chi connectivity index (χ0v) is 9.82. The van der Waals surface area contributed by atoms with Crippen LogP contribution in [0.2, 0.25) is 0 Å². The van der Waals surface area contributed by atoms with Gasteiger partial charge in [-0.05, 0) is 19.9 Å². The molecule has 1 heterocycles. The van der Waals surface area contributed by atoms with E-state index in [9.17, 15) is 0 Å². The van der Waals surface area contributed by atoms with Gasteiger partial charge in [0.2, 0.25) is 0 Å². The fourth-order valence-corrected chi connectivity index (χ4v) is 2.56. The van der Waals surface area contributed by atoms with E-state index in [2.05, 4.69) is 22.2 Å². The summed E-state index contributed by atoms with van der Waals surface area (Å²) in [4.78, 5) is 7.83. The maximum Gasteiger partial charge on any atom is 0.184 e. The monoisotopic (exact) mass is 211 g/mol. The van der Waals surface area contributed by atoms with Gasteiger partial charge in [0.05, 0.1) is 0 Å². The molecule has 0 amide bonds. The van der Waals surface area contributed by atoms with Gasteiger partial charge in [-0.25, -0.2) is 4.98 Å². The fraction of sp³-hybridized carbons (Fsp3) is 0.700. The summed E-state index contributed by atoms with van der Waals surface area (Å²) in [5.74, 6) is 0. The molecule has 1 fully saturated rings. The molecule has 0 unspecified atom stereocenters. The van der Waals surface area contributed by atoms with Crippen LogP contribution < -0.4 is 10.2 Å². The minimum Gasteiger partial charge on any atom is -0.354 e. The van der Waals surface area contributed by atoms with E-state index < -0.39 is 0 Å². The molecule has 0 radical (unpaired) electrons. The first kappa shape index (κ1) is 9.93. The van der Waals surface area contributed by atoms with E-state index in [0.29, 0.717) is 5.54 Å². The Kier molecular flexibility index (Phi) is 2.49. The standard InChI is InChI=1S/C10H17N3S/c1-11-10(4-5-10)6-8-7-12-9(14-8)13(2)3/h7,11H,4-6H2,1-3H3. The van der Waals surface area contributed by atoms with E-state index in [1.807, 2.05) is 20.3 Å². The highest BCUT2D eigenvalue weighted by molar-refractivity contribution is 7.15. The first-order valence-electron chi connectivity index (χ1n) is 4.96. The lowest BCUT2D eigenvalue weighted by molar-refractivity contribution is 0.552. The third kappa shape index (κ3) is 1.91. The number of nitrogens with one attached hydrogen (secondary N) is 1. The number of likely N-dealkylation sites (N-methyl/N-ethyl adjacent to an activating group) is 1. The van der Waals surface area contributed by atoms with Crippen LogP contribution in [0.1, 0.15) is 17.7 Å². The van der Waals surface area contributed by atoms with Gasteiger partial charge < -0.3 is 10.2 Å². The van der Waals surface area contributed by atoms with Crippen molar-refractivity contribution in [2.45, 2.75) is 24.8 Å². The summed E-state index contributed by atoms with van der Waals surface area (Å²) in [6.07, 6.45) is 5.75. The minimum absolute atomic E-state index is 0.399. The Hall–Kier alpha value is -0.610. The molecule has 3 nitrogen and oxygen atoms in total. The number of aromatic nitrogens is 1. The van der Waals surface area contributed by atoms with E-state index >= 15 is 0 Å². The summed E-state index contributed by atoms with van der Waals surface area (Å²) in [6.45, 7) is 0. The molecule has 4 heteroatoms. The maximum absolute atomic E-state index is 4.38. The van der Waals surface area contributed by atoms with Crippen molar-refractivity contribution in [2.24, 2.45) is 0 Å². The van der Waals surface area contributed by atoms with Crippen molar-refractivity contribution in [1.82, 2.24) is 10.3 Å². The number of hydrogen-bond acceptors (Lipinski definition) is 4. The predicted octanol–water partition coefficient (Wildman–Crippen LogP) is 1.50. The number of nitrogens with zero attached hydrogens (tertiary/aromatic N) is 2. The number of anilines is 1. The Labute approximate surface area is 89.1 Å². The van der Waals surface area contributed by atoms with E-state index in [1.54, 1.807) is 11.3 Å². The van der Waals surface area contributed by atoms with Gasteiger partial charge in [0.25, 0.3) is 0 Å². The number of hydrogen-bond donors (Lipinski definition) is 1. The van der Waals surface area contributed by atoms with Gasteiger partial charge in [-0.2, -0.15) is 0 Å². The zero-order chi connectivity index (χ0) is 10.2. The summed E-state index contributed by atoms with van der Waals surface area (Å²) < 4.78 is 0. The SMILES string of the molecule is CNC1(Cc2cnc(N(C)C)s2)CC1. The Bertz CT molecular complexity index is 315. The van der Waals surface area contributed by atoms with Crippen LogP contribution in [0, 0.1) is 0 Å². The van der Waals surface area contributed by atoms with Crippen LogP contribution in [0.4, 0.5) is 5.13 Å². The van der Waals surface area contributed by atoms with Gasteiger partial charge in [0, 0.05) is 37.1 Å². The molecule has 1 aromatic rings. The predicted molar refractivity (Wildman–Crippen MR) is 61.2 cm³/mol. The molecule has 1 aromatic heterocycles. The molecule has 0 atom stereocenters. The lowest BCUT2D eigenvalue weighted by Crippen LogP contribution is -2.29. The van der Waals surface area contributed by atoms with E-state index in [0.717, 1.165) is 11.6 Å². The molecule has 0 saturated heterocycles. The molecule has 1 saturated carbocycles. The third-order valence-corrected chi connectivity index (χ3v) is 3.99. The number of rotatable bonds is 4. The topological polar surface area (TPSA) is 28.2 Å². The molecule has 78 valence electrons.